The third-order valence-electron chi connectivity index (χ3n) is 5.32. The molecule has 0 spiro atoms. The number of aromatic carboxylic acids is 1. The molecule has 0 saturated carbocycles. The number of hydrogen-bond donors (Lipinski definition) is 1. The van der Waals surface area contributed by atoms with Gasteiger partial charge in [0.2, 0.25) is 0 Å². The molecule has 0 aliphatic carbocycles. The molecule has 1 fully saturated rings. The average molecular weight is 354 g/mol. The van der Waals surface area contributed by atoms with Crippen molar-refractivity contribution in [2.45, 2.75) is 39.3 Å². The van der Waals surface area contributed by atoms with E-state index in [4.69, 9.17) is 0 Å². The number of hydrogen-bond acceptors (Lipinski definition) is 3. The minimum absolute atomic E-state index is 0.106. The van der Waals surface area contributed by atoms with E-state index in [-0.39, 0.29) is 11.1 Å². The van der Waals surface area contributed by atoms with Crippen molar-refractivity contribution in [1.29, 1.82) is 0 Å². The Balaban J connectivity index is 1.52. The summed E-state index contributed by atoms with van der Waals surface area (Å²) in [6.45, 7) is 5.39. The maximum atomic E-state index is 12.3. The van der Waals surface area contributed by atoms with Crippen LogP contribution in [-0.4, -0.2) is 33.6 Å². The van der Waals surface area contributed by atoms with Gasteiger partial charge in [-0.05, 0) is 62.4 Å². The Hall–Kier alpha value is -2.40. The van der Waals surface area contributed by atoms with Crippen LogP contribution >= 0.6 is 0 Å². The minimum atomic E-state index is -1.14. The second kappa shape index (κ2) is 8.32. The summed E-state index contributed by atoms with van der Waals surface area (Å²) in [6, 6.07) is 12.2. The van der Waals surface area contributed by atoms with Crippen molar-refractivity contribution < 1.29 is 9.90 Å². The van der Waals surface area contributed by atoms with E-state index >= 15 is 0 Å². The van der Waals surface area contributed by atoms with Crippen LogP contribution in [0.4, 0.5) is 0 Å². The molecule has 0 atom stereocenters. The van der Waals surface area contributed by atoms with Gasteiger partial charge in [-0.25, -0.2) is 4.79 Å². The number of aryl methyl sites for hydroxylation is 2. The molecule has 0 unspecified atom stereocenters. The van der Waals surface area contributed by atoms with Crippen LogP contribution in [0.5, 0.6) is 0 Å². The largest absolute Gasteiger partial charge is 0.477 e. The van der Waals surface area contributed by atoms with Crippen LogP contribution < -0.4 is 5.56 Å². The van der Waals surface area contributed by atoms with Gasteiger partial charge in [-0.2, -0.15) is 0 Å². The van der Waals surface area contributed by atoms with Crippen LogP contribution in [-0.2, 0) is 13.1 Å². The topological polar surface area (TPSA) is 62.5 Å². The summed E-state index contributed by atoms with van der Waals surface area (Å²) in [5.41, 5.74) is 1.37. The lowest BCUT2D eigenvalue weighted by atomic mass is 9.93. The van der Waals surface area contributed by atoms with Crippen LogP contribution in [0.3, 0.4) is 0 Å². The molecular formula is C21H26N2O3. The van der Waals surface area contributed by atoms with Gasteiger partial charge in [0.25, 0.3) is 5.56 Å². The molecule has 5 nitrogen and oxygen atoms in total. The van der Waals surface area contributed by atoms with Crippen molar-refractivity contribution in [3.8, 4) is 0 Å². The van der Waals surface area contributed by atoms with E-state index in [1.807, 2.05) is 6.07 Å². The monoisotopic (exact) mass is 354 g/mol. The van der Waals surface area contributed by atoms with Gasteiger partial charge in [-0.3, -0.25) is 9.69 Å². The highest BCUT2D eigenvalue weighted by molar-refractivity contribution is 5.88. The summed E-state index contributed by atoms with van der Waals surface area (Å²) in [4.78, 5) is 26.1. The number of carboxylic acid groups (broad SMARTS) is 1. The van der Waals surface area contributed by atoms with Gasteiger partial charge in [0.1, 0.15) is 5.56 Å². The number of piperidine rings is 1. The Morgan fingerprint density at radius 1 is 1.15 bits per heavy atom. The fraction of sp³-hybridized carbons (Fsp3) is 0.429. The molecule has 26 heavy (non-hydrogen) atoms. The highest BCUT2D eigenvalue weighted by Crippen LogP contribution is 2.22. The van der Waals surface area contributed by atoms with Crippen molar-refractivity contribution in [2.24, 2.45) is 5.92 Å². The minimum Gasteiger partial charge on any atom is -0.477 e. The molecule has 138 valence electrons. The Morgan fingerprint density at radius 2 is 1.85 bits per heavy atom. The van der Waals surface area contributed by atoms with E-state index < -0.39 is 5.97 Å². The van der Waals surface area contributed by atoms with Crippen molar-refractivity contribution in [3.63, 3.8) is 0 Å². The second-order valence-corrected chi connectivity index (χ2v) is 7.17. The predicted molar refractivity (Wildman–Crippen MR) is 101 cm³/mol. The molecule has 3 rings (SSSR count). The van der Waals surface area contributed by atoms with Gasteiger partial charge in [0.05, 0.1) is 0 Å². The van der Waals surface area contributed by atoms with E-state index in [1.165, 1.54) is 5.56 Å². The first kappa shape index (κ1) is 18.4. The zero-order valence-electron chi connectivity index (χ0n) is 15.2. The van der Waals surface area contributed by atoms with E-state index in [9.17, 15) is 14.7 Å². The van der Waals surface area contributed by atoms with Crippen molar-refractivity contribution in [3.05, 3.63) is 69.6 Å². The summed E-state index contributed by atoms with van der Waals surface area (Å²) < 4.78 is 1.55. The second-order valence-electron chi connectivity index (χ2n) is 7.17. The fourth-order valence-electron chi connectivity index (χ4n) is 3.70. The van der Waals surface area contributed by atoms with E-state index in [2.05, 4.69) is 29.2 Å². The summed E-state index contributed by atoms with van der Waals surface area (Å²) in [5, 5.41) is 9.22. The number of carbonyl (C=O) groups is 1. The first-order valence-electron chi connectivity index (χ1n) is 9.24. The van der Waals surface area contributed by atoms with Crippen LogP contribution in [0.25, 0.3) is 0 Å². The number of rotatable bonds is 6. The first-order chi connectivity index (χ1) is 12.5. The molecule has 0 amide bonds. The molecule has 0 radical (unpaired) electrons. The van der Waals surface area contributed by atoms with Crippen molar-refractivity contribution >= 4 is 5.97 Å². The van der Waals surface area contributed by atoms with Gasteiger partial charge in [0, 0.05) is 19.3 Å². The van der Waals surface area contributed by atoms with Gasteiger partial charge in [-0.15, -0.1) is 0 Å². The lowest BCUT2D eigenvalue weighted by Gasteiger charge is -2.32. The van der Waals surface area contributed by atoms with Gasteiger partial charge >= 0.3 is 5.97 Å². The van der Waals surface area contributed by atoms with Crippen molar-refractivity contribution in [2.75, 3.05) is 13.1 Å². The van der Waals surface area contributed by atoms with E-state index in [0.717, 1.165) is 38.9 Å². The molecule has 1 aromatic heterocycles. The highest BCUT2D eigenvalue weighted by Gasteiger charge is 2.20. The summed E-state index contributed by atoms with van der Waals surface area (Å²) in [7, 11) is 0. The number of benzene rings is 1. The normalized spacial score (nSPS) is 15.9. The number of likely N-dealkylation sites (tertiary alicyclic amines) is 1. The zero-order chi connectivity index (χ0) is 18.5. The summed E-state index contributed by atoms with van der Waals surface area (Å²) >= 11 is 0. The van der Waals surface area contributed by atoms with Crippen LogP contribution in [0.15, 0.2) is 47.4 Å². The molecule has 1 aromatic carbocycles. The smallest absolute Gasteiger partial charge is 0.341 e. The third-order valence-corrected chi connectivity index (χ3v) is 5.32. The molecule has 2 aromatic rings. The molecular weight excluding hydrogens is 328 g/mol. The number of pyridine rings is 1. The fourth-order valence-corrected chi connectivity index (χ4v) is 3.70. The van der Waals surface area contributed by atoms with E-state index in [0.29, 0.717) is 18.0 Å². The number of carboxylic acids is 1. The first-order valence-corrected chi connectivity index (χ1v) is 9.24. The maximum Gasteiger partial charge on any atom is 0.341 e. The highest BCUT2D eigenvalue weighted by atomic mass is 16.4. The zero-order valence-corrected chi connectivity index (χ0v) is 15.2. The lowest BCUT2D eigenvalue weighted by Crippen LogP contribution is -2.34. The number of nitrogens with zero attached hydrogens (tertiary/aromatic N) is 2. The molecule has 2 heterocycles. The van der Waals surface area contributed by atoms with Gasteiger partial charge in [-0.1, -0.05) is 30.3 Å². The number of aromatic nitrogens is 1. The molecule has 1 N–H and O–H groups in total. The van der Waals surface area contributed by atoms with Crippen LogP contribution in [0.2, 0.25) is 0 Å². The van der Waals surface area contributed by atoms with Gasteiger partial charge in [0.15, 0.2) is 0 Å². The lowest BCUT2D eigenvalue weighted by molar-refractivity contribution is 0.0693. The summed E-state index contributed by atoms with van der Waals surface area (Å²) in [6.07, 6.45) is 4.88. The maximum absolute atomic E-state index is 12.3. The standard InChI is InChI=1S/C21H26N2O3/c1-16-7-13-23(20(24)19(16)21(25)26)14-10-17-8-11-22(12-9-17)15-18-5-3-2-4-6-18/h2-7,13,17H,8-12,14-15H2,1H3,(H,25,26). The van der Waals surface area contributed by atoms with E-state index in [1.54, 1.807) is 23.8 Å². The third kappa shape index (κ3) is 4.41. The molecule has 5 heteroatoms. The van der Waals surface area contributed by atoms with Crippen LogP contribution in [0.1, 0.15) is 40.7 Å². The SMILES string of the molecule is Cc1ccn(CCC2CCN(Cc3ccccc3)CC2)c(=O)c1C(=O)O. The molecule has 1 aliphatic heterocycles. The quantitative estimate of drug-likeness (QED) is 0.866. The predicted octanol–water partition coefficient (Wildman–Crippen LogP) is 3.16. The van der Waals surface area contributed by atoms with Crippen LogP contribution in [0, 0.1) is 12.8 Å². The average Bonchev–Trinajstić information content (AvgIpc) is 2.63. The molecule has 0 bridgehead atoms. The Labute approximate surface area is 153 Å². The molecule has 1 aliphatic rings. The molecule has 1 saturated heterocycles. The Morgan fingerprint density at radius 3 is 2.50 bits per heavy atom. The summed E-state index contributed by atoms with van der Waals surface area (Å²) in [5.74, 6) is -0.556. The Bertz CT molecular complexity index is 806. The van der Waals surface area contributed by atoms with Crippen molar-refractivity contribution in [1.82, 2.24) is 9.47 Å². The Kier molecular flexibility index (Phi) is 5.89. The van der Waals surface area contributed by atoms with Gasteiger partial charge < -0.3 is 9.67 Å².